The number of nitrogens with zero attached hydrogens (tertiary/aromatic N) is 1. The quantitative estimate of drug-likeness (QED) is 0.914. The van der Waals surface area contributed by atoms with E-state index < -0.39 is 6.10 Å². The molecule has 0 bridgehead atoms. The molecule has 0 radical (unpaired) electrons. The van der Waals surface area contributed by atoms with Gasteiger partial charge in [0.1, 0.15) is 5.82 Å². The predicted molar refractivity (Wildman–Crippen MR) is 80.6 cm³/mol. The van der Waals surface area contributed by atoms with Crippen molar-refractivity contribution in [1.82, 2.24) is 0 Å². The highest BCUT2D eigenvalue weighted by Gasteiger charge is 2.09. The standard InChI is InChI=1S/C16H17ClFNO/c1-11(20)13-5-8-16(15(17)9-13)19(2)10-12-3-6-14(18)7-4-12/h3-9,11,20H,10H2,1-2H3/t11-/m0/s1. The van der Waals surface area contributed by atoms with E-state index in [0.717, 1.165) is 16.8 Å². The molecule has 2 aromatic carbocycles. The second kappa shape index (κ2) is 6.25. The molecule has 2 rings (SSSR count). The van der Waals surface area contributed by atoms with Crippen LogP contribution in [0.15, 0.2) is 42.5 Å². The van der Waals surface area contributed by atoms with Gasteiger partial charge in [0.15, 0.2) is 0 Å². The Morgan fingerprint density at radius 1 is 1.20 bits per heavy atom. The fourth-order valence-corrected chi connectivity index (χ4v) is 2.37. The van der Waals surface area contributed by atoms with Gasteiger partial charge in [-0.2, -0.15) is 0 Å². The molecule has 1 atom stereocenters. The summed E-state index contributed by atoms with van der Waals surface area (Å²) in [5.74, 6) is -0.240. The maximum absolute atomic E-state index is 12.9. The van der Waals surface area contributed by atoms with Crippen LogP contribution in [0.4, 0.5) is 10.1 Å². The molecule has 106 valence electrons. The molecule has 0 unspecified atom stereocenters. The van der Waals surface area contributed by atoms with Crippen molar-refractivity contribution in [2.45, 2.75) is 19.6 Å². The Morgan fingerprint density at radius 3 is 2.40 bits per heavy atom. The summed E-state index contributed by atoms with van der Waals surface area (Å²) in [6.07, 6.45) is -0.538. The first kappa shape index (κ1) is 14.8. The molecular formula is C16H17ClFNO. The summed E-state index contributed by atoms with van der Waals surface area (Å²) in [6.45, 7) is 2.33. The van der Waals surface area contributed by atoms with Crippen LogP contribution >= 0.6 is 11.6 Å². The summed E-state index contributed by atoms with van der Waals surface area (Å²) in [4.78, 5) is 1.99. The Labute approximate surface area is 123 Å². The molecule has 0 aliphatic carbocycles. The first-order valence-corrected chi connectivity index (χ1v) is 6.78. The molecule has 2 aromatic rings. The van der Waals surface area contributed by atoms with E-state index in [-0.39, 0.29) is 5.82 Å². The lowest BCUT2D eigenvalue weighted by atomic mass is 10.1. The Kier molecular flexibility index (Phi) is 4.63. The van der Waals surface area contributed by atoms with Gasteiger partial charge < -0.3 is 10.0 Å². The van der Waals surface area contributed by atoms with Crippen molar-refractivity contribution in [2.24, 2.45) is 0 Å². The van der Waals surface area contributed by atoms with E-state index in [1.807, 2.05) is 24.1 Å². The van der Waals surface area contributed by atoms with Crippen LogP contribution in [0.2, 0.25) is 5.02 Å². The molecule has 0 aliphatic rings. The lowest BCUT2D eigenvalue weighted by molar-refractivity contribution is 0.199. The van der Waals surface area contributed by atoms with Crippen LogP contribution in [0.25, 0.3) is 0 Å². The van der Waals surface area contributed by atoms with E-state index in [2.05, 4.69) is 0 Å². The normalized spacial score (nSPS) is 12.2. The van der Waals surface area contributed by atoms with Gasteiger partial charge in [-0.3, -0.25) is 0 Å². The average molecular weight is 294 g/mol. The summed E-state index contributed by atoms with van der Waals surface area (Å²) in [5, 5.41) is 10.1. The summed E-state index contributed by atoms with van der Waals surface area (Å²) in [6, 6.07) is 11.9. The third-order valence-corrected chi connectivity index (χ3v) is 3.50. The highest BCUT2D eigenvalue weighted by molar-refractivity contribution is 6.33. The molecule has 2 nitrogen and oxygen atoms in total. The molecule has 0 saturated carbocycles. The Bertz CT molecular complexity index is 584. The minimum atomic E-state index is -0.538. The molecule has 0 aliphatic heterocycles. The molecule has 0 spiro atoms. The highest BCUT2D eigenvalue weighted by Crippen LogP contribution is 2.29. The number of hydrogen-bond donors (Lipinski definition) is 1. The zero-order valence-corrected chi connectivity index (χ0v) is 12.2. The molecule has 0 saturated heterocycles. The van der Waals surface area contributed by atoms with Crippen molar-refractivity contribution in [2.75, 3.05) is 11.9 Å². The highest BCUT2D eigenvalue weighted by atomic mass is 35.5. The van der Waals surface area contributed by atoms with Gasteiger partial charge in [0, 0.05) is 13.6 Å². The lowest BCUT2D eigenvalue weighted by Crippen LogP contribution is -2.16. The molecule has 0 aromatic heterocycles. The molecule has 0 fully saturated rings. The number of anilines is 1. The van der Waals surface area contributed by atoms with Crippen LogP contribution in [0.1, 0.15) is 24.2 Å². The maximum atomic E-state index is 12.9. The van der Waals surface area contributed by atoms with Gasteiger partial charge in [0.2, 0.25) is 0 Å². The fraction of sp³-hybridized carbons (Fsp3) is 0.250. The largest absolute Gasteiger partial charge is 0.389 e. The number of hydrogen-bond acceptors (Lipinski definition) is 2. The van der Waals surface area contributed by atoms with E-state index in [4.69, 9.17) is 11.6 Å². The predicted octanol–water partition coefficient (Wildman–Crippen LogP) is 4.17. The second-order valence-corrected chi connectivity index (χ2v) is 5.28. The van der Waals surface area contributed by atoms with Crippen molar-refractivity contribution in [3.8, 4) is 0 Å². The van der Waals surface area contributed by atoms with Crippen LogP contribution in [0.5, 0.6) is 0 Å². The van der Waals surface area contributed by atoms with E-state index in [1.165, 1.54) is 12.1 Å². The van der Waals surface area contributed by atoms with Gasteiger partial charge in [-0.1, -0.05) is 29.8 Å². The summed E-state index contributed by atoms with van der Waals surface area (Å²) < 4.78 is 12.9. The first-order chi connectivity index (χ1) is 9.47. The Morgan fingerprint density at radius 2 is 1.85 bits per heavy atom. The maximum Gasteiger partial charge on any atom is 0.123 e. The SMILES string of the molecule is C[C@H](O)c1ccc(N(C)Cc2ccc(F)cc2)c(Cl)c1. The molecule has 0 amide bonds. The van der Waals surface area contributed by atoms with Crippen LogP contribution in [-0.2, 0) is 6.54 Å². The topological polar surface area (TPSA) is 23.5 Å². The summed E-state index contributed by atoms with van der Waals surface area (Å²) in [5.41, 5.74) is 2.67. The molecule has 1 N–H and O–H groups in total. The Balaban J connectivity index is 2.16. The smallest absolute Gasteiger partial charge is 0.123 e. The van der Waals surface area contributed by atoms with Crippen molar-refractivity contribution >= 4 is 17.3 Å². The van der Waals surface area contributed by atoms with Gasteiger partial charge in [-0.15, -0.1) is 0 Å². The van der Waals surface area contributed by atoms with E-state index >= 15 is 0 Å². The van der Waals surface area contributed by atoms with Crippen LogP contribution in [0.3, 0.4) is 0 Å². The molecule has 0 heterocycles. The van der Waals surface area contributed by atoms with E-state index in [1.54, 1.807) is 25.1 Å². The number of benzene rings is 2. The van der Waals surface area contributed by atoms with Gasteiger partial charge >= 0.3 is 0 Å². The van der Waals surface area contributed by atoms with Crippen LogP contribution in [-0.4, -0.2) is 12.2 Å². The monoisotopic (exact) mass is 293 g/mol. The number of aliphatic hydroxyl groups is 1. The fourth-order valence-electron chi connectivity index (χ4n) is 2.04. The van der Waals surface area contributed by atoms with E-state index in [0.29, 0.717) is 11.6 Å². The molecule has 4 heteroatoms. The number of aliphatic hydroxyl groups excluding tert-OH is 1. The molecular weight excluding hydrogens is 277 g/mol. The van der Waals surface area contributed by atoms with Crippen molar-refractivity contribution in [3.05, 3.63) is 64.4 Å². The third-order valence-electron chi connectivity index (χ3n) is 3.20. The van der Waals surface area contributed by atoms with Crippen LogP contribution in [0, 0.1) is 5.82 Å². The van der Waals surface area contributed by atoms with Crippen molar-refractivity contribution in [3.63, 3.8) is 0 Å². The van der Waals surface area contributed by atoms with Crippen molar-refractivity contribution < 1.29 is 9.50 Å². The summed E-state index contributed by atoms with van der Waals surface area (Å²) in [7, 11) is 1.92. The molecule has 20 heavy (non-hydrogen) atoms. The third kappa shape index (κ3) is 3.50. The first-order valence-electron chi connectivity index (χ1n) is 6.40. The summed E-state index contributed by atoms with van der Waals surface area (Å²) >= 11 is 6.25. The van der Waals surface area contributed by atoms with Gasteiger partial charge in [-0.25, -0.2) is 4.39 Å². The lowest BCUT2D eigenvalue weighted by Gasteiger charge is -2.21. The van der Waals surface area contributed by atoms with Gasteiger partial charge in [0.05, 0.1) is 16.8 Å². The zero-order valence-electron chi connectivity index (χ0n) is 11.5. The minimum Gasteiger partial charge on any atom is -0.389 e. The van der Waals surface area contributed by atoms with E-state index in [9.17, 15) is 9.50 Å². The number of rotatable bonds is 4. The Hall–Kier alpha value is -1.58. The number of halogens is 2. The van der Waals surface area contributed by atoms with Crippen molar-refractivity contribution in [1.29, 1.82) is 0 Å². The van der Waals surface area contributed by atoms with Gasteiger partial charge in [-0.05, 0) is 42.3 Å². The average Bonchev–Trinajstić information content (AvgIpc) is 2.41. The minimum absolute atomic E-state index is 0.240. The van der Waals surface area contributed by atoms with Crippen LogP contribution < -0.4 is 4.90 Å². The van der Waals surface area contributed by atoms with Gasteiger partial charge in [0.25, 0.3) is 0 Å². The second-order valence-electron chi connectivity index (χ2n) is 4.87. The zero-order chi connectivity index (χ0) is 14.7.